The molecule has 0 radical (unpaired) electrons. The van der Waals surface area contributed by atoms with Crippen molar-refractivity contribution >= 4 is 27.6 Å². The van der Waals surface area contributed by atoms with Crippen LogP contribution in [-0.2, 0) is 16.2 Å². The van der Waals surface area contributed by atoms with E-state index in [2.05, 4.69) is 90.1 Å². The molecule has 3 heteroatoms. The molecule has 3 nitrogen and oxygen atoms in total. The minimum absolute atomic E-state index is 0.0857. The lowest BCUT2D eigenvalue weighted by molar-refractivity contribution is 0.403. The van der Waals surface area contributed by atoms with Gasteiger partial charge < -0.3 is 0 Å². The quantitative estimate of drug-likeness (QED) is 0.341. The van der Waals surface area contributed by atoms with Gasteiger partial charge in [-0.2, -0.15) is 0 Å². The average Bonchev–Trinajstić information content (AvgIpc) is 3.04. The highest BCUT2D eigenvalue weighted by Crippen LogP contribution is 2.50. The maximum Gasteiger partial charge on any atom is 0.149 e. The summed E-state index contributed by atoms with van der Waals surface area (Å²) in [5, 5.41) is 1.16. The smallest absolute Gasteiger partial charge is 0.149 e. The fraction of sp³-hybridized carbons (Fsp3) is 0.462. The Labute approximate surface area is 173 Å². The number of hydrogen-bond acceptors (Lipinski definition) is 2. The van der Waals surface area contributed by atoms with Crippen molar-refractivity contribution in [3.8, 4) is 0 Å². The molecule has 1 aliphatic rings. The molecule has 1 aliphatic carbocycles. The van der Waals surface area contributed by atoms with Crippen LogP contribution in [0.1, 0.15) is 77.4 Å². The molecule has 150 valence electrons. The number of fused-ring (bicyclic) bond motifs is 6. The highest BCUT2D eigenvalue weighted by Gasteiger charge is 2.42. The van der Waals surface area contributed by atoms with Crippen molar-refractivity contribution < 1.29 is 0 Å². The standard InChI is InChI=1S/C26H31N3/c1-15-10-9-11-18-21(15)22-27-19-12-16-17(26(7,8)14-25(16,5)6)13-20(19)29(22)23(28-18)24(2,3)4/h9-13H,14H2,1-8H3. The second kappa shape index (κ2) is 5.38. The number of imidazole rings is 1. The minimum Gasteiger partial charge on any atom is -0.279 e. The Morgan fingerprint density at radius 3 is 2.21 bits per heavy atom. The highest BCUT2D eigenvalue weighted by molar-refractivity contribution is 5.99. The summed E-state index contributed by atoms with van der Waals surface area (Å²) in [5.74, 6) is 1.07. The van der Waals surface area contributed by atoms with Gasteiger partial charge in [0.25, 0.3) is 0 Å². The molecule has 0 bridgehead atoms. The molecule has 0 fully saturated rings. The van der Waals surface area contributed by atoms with E-state index in [-0.39, 0.29) is 16.2 Å². The molecule has 2 heterocycles. The van der Waals surface area contributed by atoms with Gasteiger partial charge in [-0.05, 0) is 59.1 Å². The van der Waals surface area contributed by atoms with Crippen molar-refractivity contribution in [3.05, 3.63) is 52.8 Å². The van der Waals surface area contributed by atoms with E-state index >= 15 is 0 Å². The third-order valence-corrected chi connectivity index (χ3v) is 6.72. The third-order valence-electron chi connectivity index (χ3n) is 6.72. The summed E-state index contributed by atoms with van der Waals surface area (Å²) >= 11 is 0. The van der Waals surface area contributed by atoms with Crippen molar-refractivity contribution in [1.29, 1.82) is 0 Å². The number of benzene rings is 2. The summed E-state index contributed by atoms with van der Waals surface area (Å²) < 4.78 is 2.33. The van der Waals surface area contributed by atoms with Crippen LogP contribution in [0.5, 0.6) is 0 Å². The lowest BCUT2D eigenvalue weighted by atomic mass is 9.82. The van der Waals surface area contributed by atoms with Gasteiger partial charge in [-0.25, -0.2) is 9.97 Å². The van der Waals surface area contributed by atoms with Gasteiger partial charge in [-0.15, -0.1) is 0 Å². The summed E-state index contributed by atoms with van der Waals surface area (Å²) in [6, 6.07) is 11.1. The van der Waals surface area contributed by atoms with Crippen molar-refractivity contribution in [2.24, 2.45) is 0 Å². The van der Waals surface area contributed by atoms with Gasteiger partial charge in [-0.3, -0.25) is 4.40 Å². The van der Waals surface area contributed by atoms with E-state index in [1.165, 1.54) is 22.2 Å². The van der Waals surface area contributed by atoms with Crippen molar-refractivity contribution in [1.82, 2.24) is 14.4 Å². The van der Waals surface area contributed by atoms with E-state index in [0.29, 0.717) is 0 Å². The van der Waals surface area contributed by atoms with Gasteiger partial charge >= 0.3 is 0 Å². The Hall–Kier alpha value is -2.42. The van der Waals surface area contributed by atoms with Gasteiger partial charge in [0.2, 0.25) is 0 Å². The van der Waals surface area contributed by atoms with Crippen LogP contribution in [0.15, 0.2) is 30.3 Å². The lowest BCUT2D eigenvalue weighted by Crippen LogP contribution is -2.19. The lowest BCUT2D eigenvalue weighted by Gasteiger charge is -2.22. The van der Waals surface area contributed by atoms with E-state index in [4.69, 9.17) is 9.97 Å². The molecular formula is C26H31N3. The Balaban J connectivity index is 2.02. The summed E-state index contributed by atoms with van der Waals surface area (Å²) in [5.41, 5.74) is 8.72. The summed E-state index contributed by atoms with van der Waals surface area (Å²) in [7, 11) is 0. The molecule has 29 heavy (non-hydrogen) atoms. The van der Waals surface area contributed by atoms with Crippen LogP contribution in [-0.4, -0.2) is 14.4 Å². The maximum absolute atomic E-state index is 5.19. The third kappa shape index (κ3) is 2.49. The zero-order valence-corrected chi connectivity index (χ0v) is 18.9. The molecule has 0 unspecified atom stereocenters. The van der Waals surface area contributed by atoms with E-state index in [9.17, 15) is 0 Å². The van der Waals surface area contributed by atoms with Gasteiger partial charge in [0.15, 0.2) is 0 Å². The van der Waals surface area contributed by atoms with E-state index in [1.807, 2.05) is 0 Å². The molecule has 2 aromatic heterocycles. The molecule has 0 aliphatic heterocycles. The van der Waals surface area contributed by atoms with Crippen LogP contribution in [0.25, 0.3) is 27.6 Å². The summed E-state index contributed by atoms with van der Waals surface area (Å²) in [4.78, 5) is 10.3. The first kappa shape index (κ1) is 18.6. The van der Waals surface area contributed by atoms with E-state index < -0.39 is 0 Å². The second-order valence-corrected chi connectivity index (χ2v) is 11.3. The van der Waals surface area contributed by atoms with Gasteiger partial charge in [0.05, 0.1) is 16.6 Å². The van der Waals surface area contributed by atoms with Crippen LogP contribution in [0, 0.1) is 6.92 Å². The highest BCUT2D eigenvalue weighted by atomic mass is 15.1. The SMILES string of the molecule is Cc1cccc2nc(C(C)(C)C)n3c4cc5c(cc4nc3c12)C(C)(C)CC5(C)C. The molecule has 0 N–H and O–H groups in total. The van der Waals surface area contributed by atoms with E-state index in [1.54, 1.807) is 0 Å². The zero-order valence-electron chi connectivity index (χ0n) is 18.9. The van der Waals surface area contributed by atoms with Crippen LogP contribution in [0.4, 0.5) is 0 Å². The zero-order chi connectivity index (χ0) is 20.9. The topological polar surface area (TPSA) is 30.2 Å². The van der Waals surface area contributed by atoms with Crippen LogP contribution in [0.2, 0.25) is 0 Å². The van der Waals surface area contributed by atoms with Crippen LogP contribution < -0.4 is 0 Å². The molecule has 4 aromatic rings. The number of rotatable bonds is 0. The first-order chi connectivity index (χ1) is 13.4. The Bertz CT molecular complexity index is 1310. The van der Waals surface area contributed by atoms with Crippen molar-refractivity contribution in [2.45, 2.75) is 78.1 Å². The number of aryl methyl sites for hydroxylation is 1. The van der Waals surface area contributed by atoms with E-state index in [0.717, 1.165) is 34.3 Å². The van der Waals surface area contributed by atoms with Crippen molar-refractivity contribution in [3.63, 3.8) is 0 Å². The number of nitrogens with zero attached hydrogens (tertiary/aromatic N) is 3. The summed E-state index contributed by atoms with van der Waals surface area (Å²) in [6.45, 7) is 18.4. The normalized spacial score (nSPS) is 18.1. The number of aromatic nitrogens is 3. The van der Waals surface area contributed by atoms with Gasteiger partial charge in [0.1, 0.15) is 11.5 Å². The molecule has 0 amide bonds. The average molecular weight is 386 g/mol. The largest absolute Gasteiger partial charge is 0.279 e. The number of hydrogen-bond donors (Lipinski definition) is 0. The molecule has 0 saturated heterocycles. The monoisotopic (exact) mass is 385 g/mol. The summed E-state index contributed by atoms with van der Waals surface area (Å²) in [6.07, 6.45) is 1.16. The first-order valence-corrected chi connectivity index (χ1v) is 10.7. The molecular weight excluding hydrogens is 354 g/mol. The maximum atomic E-state index is 5.19. The van der Waals surface area contributed by atoms with Crippen LogP contribution in [0.3, 0.4) is 0 Å². The predicted octanol–water partition coefficient (Wildman–Crippen LogP) is 6.60. The fourth-order valence-electron chi connectivity index (χ4n) is 5.62. The van der Waals surface area contributed by atoms with Crippen LogP contribution >= 0.6 is 0 Å². The molecule has 5 rings (SSSR count). The molecule has 0 spiro atoms. The Morgan fingerprint density at radius 2 is 1.55 bits per heavy atom. The van der Waals surface area contributed by atoms with Crippen molar-refractivity contribution in [2.75, 3.05) is 0 Å². The second-order valence-electron chi connectivity index (χ2n) is 11.3. The minimum atomic E-state index is -0.0857. The van der Waals surface area contributed by atoms with Gasteiger partial charge in [-0.1, -0.05) is 60.6 Å². The molecule has 0 saturated carbocycles. The molecule has 2 aromatic carbocycles. The fourth-order valence-corrected chi connectivity index (χ4v) is 5.62. The molecule has 0 atom stereocenters. The Kier molecular flexibility index (Phi) is 3.45. The predicted molar refractivity (Wildman–Crippen MR) is 122 cm³/mol. The Morgan fingerprint density at radius 1 is 0.897 bits per heavy atom. The first-order valence-electron chi connectivity index (χ1n) is 10.7. The van der Waals surface area contributed by atoms with Gasteiger partial charge in [0, 0.05) is 10.8 Å².